The van der Waals surface area contributed by atoms with Crippen LogP contribution in [0.5, 0.6) is 0 Å². The van der Waals surface area contributed by atoms with E-state index in [0.29, 0.717) is 29.2 Å². The molecular formula is C20H25N3O2. The van der Waals surface area contributed by atoms with Crippen molar-refractivity contribution >= 4 is 5.91 Å². The molecule has 0 spiro atoms. The Morgan fingerprint density at radius 3 is 2.64 bits per heavy atom. The Morgan fingerprint density at radius 2 is 2.00 bits per heavy atom. The summed E-state index contributed by atoms with van der Waals surface area (Å²) in [6.45, 7) is 1.87. The number of pyridine rings is 1. The molecule has 2 atom stereocenters. The molecule has 5 heteroatoms. The van der Waals surface area contributed by atoms with Gasteiger partial charge in [0.25, 0.3) is 5.91 Å². The van der Waals surface area contributed by atoms with E-state index in [9.17, 15) is 4.79 Å². The number of hydrogen-bond acceptors (Lipinski definition) is 4. The normalized spacial score (nSPS) is 28.6. The maximum absolute atomic E-state index is 12.8. The van der Waals surface area contributed by atoms with Gasteiger partial charge in [-0.05, 0) is 68.7 Å². The van der Waals surface area contributed by atoms with Gasteiger partial charge < -0.3 is 15.5 Å². The molecule has 3 N–H and O–H groups in total. The van der Waals surface area contributed by atoms with Crippen molar-refractivity contribution in [3.8, 4) is 11.5 Å². The Kier molecular flexibility index (Phi) is 4.34. The van der Waals surface area contributed by atoms with Gasteiger partial charge in [0, 0.05) is 12.1 Å². The van der Waals surface area contributed by atoms with Gasteiger partial charge in [-0.1, -0.05) is 6.42 Å². The Labute approximate surface area is 148 Å². The zero-order valence-corrected chi connectivity index (χ0v) is 14.6. The van der Waals surface area contributed by atoms with Crippen LogP contribution in [0, 0.1) is 18.8 Å². The molecule has 0 aromatic carbocycles. The first-order chi connectivity index (χ1) is 12.1. The molecular weight excluding hydrogens is 314 g/mol. The van der Waals surface area contributed by atoms with Gasteiger partial charge >= 0.3 is 0 Å². The van der Waals surface area contributed by atoms with Gasteiger partial charge in [-0.2, -0.15) is 0 Å². The third-order valence-electron chi connectivity index (χ3n) is 5.78. The molecule has 2 heterocycles. The van der Waals surface area contributed by atoms with Crippen LogP contribution >= 0.6 is 0 Å². The molecule has 25 heavy (non-hydrogen) atoms. The number of hydrogen-bond donors (Lipinski definition) is 2. The molecule has 0 aliphatic heterocycles. The molecule has 4 rings (SSSR count). The van der Waals surface area contributed by atoms with E-state index in [2.05, 4.69) is 10.3 Å². The molecule has 0 radical (unpaired) electrons. The van der Waals surface area contributed by atoms with Gasteiger partial charge in [0.05, 0.1) is 17.5 Å². The van der Waals surface area contributed by atoms with Gasteiger partial charge in [-0.15, -0.1) is 0 Å². The molecule has 2 aromatic rings. The summed E-state index contributed by atoms with van der Waals surface area (Å²) in [4.78, 5) is 17.4. The molecule has 2 fully saturated rings. The van der Waals surface area contributed by atoms with E-state index in [0.717, 1.165) is 24.2 Å². The van der Waals surface area contributed by atoms with Crippen molar-refractivity contribution in [1.29, 1.82) is 0 Å². The summed E-state index contributed by atoms with van der Waals surface area (Å²) in [6, 6.07) is 7.94. The van der Waals surface area contributed by atoms with E-state index >= 15 is 0 Å². The lowest BCUT2D eigenvalue weighted by Gasteiger charge is -2.45. The lowest BCUT2D eigenvalue weighted by molar-refractivity contribution is 0.0755. The zero-order valence-electron chi connectivity index (χ0n) is 14.6. The fraction of sp³-hybridized carbons (Fsp3) is 0.500. The summed E-state index contributed by atoms with van der Waals surface area (Å²) < 4.78 is 5.38. The number of nitrogens with one attached hydrogen (secondary N) is 1. The Bertz CT molecular complexity index is 742. The predicted octanol–water partition coefficient (Wildman–Crippen LogP) is 3.29. The molecule has 2 aromatic heterocycles. The summed E-state index contributed by atoms with van der Waals surface area (Å²) in [5.41, 5.74) is 8.30. The first-order valence-electron chi connectivity index (χ1n) is 9.20. The van der Waals surface area contributed by atoms with Gasteiger partial charge in [-0.3, -0.25) is 4.79 Å². The number of carbonyl (C=O) groups is 1. The second-order valence-corrected chi connectivity index (χ2v) is 7.49. The number of amides is 1. The first kappa shape index (κ1) is 16.3. The van der Waals surface area contributed by atoms with E-state index in [-0.39, 0.29) is 11.9 Å². The number of nitrogens with two attached hydrogens (primary N) is 1. The van der Waals surface area contributed by atoms with Crippen LogP contribution in [0.4, 0.5) is 0 Å². The largest absolute Gasteiger partial charge is 0.463 e. The van der Waals surface area contributed by atoms with Crippen LogP contribution in [-0.4, -0.2) is 23.0 Å². The number of fused-ring (bicyclic) bond motifs is 2. The lowest BCUT2D eigenvalue weighted by Crippen LogP contribution is -2.53. The van der Waals surface area contributed by atoms with Crippen LogP contribution in [0.25, 0.3) is 11.5 Å². The van der Waals surface area contributed by atoms with Gasteiger partial charge in [0.2, 0.25) is 0 Å². The minimum atomic E-state index is -0.0200. The van der Waals surface area contributed by atoms with Crippen LogP contribution in [0.2, 0.25) is 0 Å². The van der Waals surface area contributed by atoms with Gasteiger partial charge in [-0.25, -0.2) is 4.98 Å². The average Bonchev–Trinajstić information content (AvgIpc) is 3.10. The van der Waals surface area contributed by atoms with Crippen LogP contribution in [0.15, 0.2) is 34.9 Å². The maximum atomic E-state index is 12.8. The quantitative estimate of drug-likeness (QED) is 0.899. The number of furan rings is 1. The minimum Gasteiger partial charge on any atom is -0.463 e. The third kappa shape index (κ3) is 3.21. The highest BCUT2D eigenvalue weighted by atomic mass is 16.3. The number of carbonyl (C=O) groups excluding carboxylic acids is 1. The summed E-state index contributed by atoms with van der Waals surface area (Å²) in [7, 11) is 0. The predicted molar refractivity (Wildman–Crippen MR) is 96.0 cm³/mol. The zero-order chi connectivity index (χ0) is 17.4. The number of aryl methyl sites for hydroxylation is 1. The smallest absolute Gasteiger partial charge is 0.253 e. The van der Waals surface area contributed by atoms with Crippen LogP contribution in [0.1, 0.15) is 48.2 Å². The number of aromatic nitrogens is 1. The van der Waals surface area contributed by atoms with E-state index < -0.39 is 0 Å². The van der Waals surface area contributed by atoms with Crippen molar-refractivity contribution in [1.82, 2.24) is 10.3 Å². The van der Waals surface area contributed by atoms with Crippen molar-refractivity contribution in [3.05, 3.63) is 41.8 Å². The Morgan fingerprint density at radius 1 is 1.24 bits per heavy atom. The molecule has 2 bridgehead atoms. The highest BCUT2D eigenvalue weighted by molar-refractivity contribution is 5.95. The fourth-order valence-electron chi connectivity index (χ4n) is 4.62. The maximum Gasteiger partial charge on any atom is 0.253 e. The number of nitrogens with zero attached hydrogens (tertiary/aromatic N) is 1. The number of rotatable bonds is 3. The molecule has 2 unspecified atom stereocenters. The summed E-state index contributed by atoms with van der Waals surface area (Å²) in [6.07, 6.45) is 7.27. The second kappa shape index (κ2) is 6.64. The molecule has 2 aliphatic carbocycles. The molecule has 0 saturated heterocycles. The van der Waals surface area contributed by atoms with Gasteiger partial charge in [0.1, 0.15) is 5.69 Å². The van der Waals surface area contributed by atoms with Crippen LogP contribution in [-0.2, 0) is 0 Å². The van der Waals surface area contributed by atoms with Crippen LogP contribution < -0.4 is 11.1 Å². The Hall–Kier alpha value is -2.14. The van der Waals surface area contributed by atoms with Crippen molar-refractivity contribution in [3.63, 3.8) is 0 Å². The standard InChI is InChI=1S/C20H25N3O2/c1-12-16(7-8-17(22-12)18-6-3-9-25-18)20(24)23-19-13-4-2-5-14(19)11-15(21)10-13/h3,6-9,13-15,19H,2,4-5,10-11,21H2,1H3,(H,23,24). The highest BCUT2D eigenvalue weighted by Gasteiger charge is 2.40. The van der Waals surface area contributed by atoms with E-state index in [1.807, 2.05) is 31.2 Å². The highest BCUT2D eigenvalue weighted by Crippen LogP contribution is 2.39. The second-order valence-electron chi connectivity index (χ2n) is 7.49. The summed E-state index contributed by atoms with van der Waals surface area (Å²) in [5, 5.41) is 3.29. The molecule has 132 valence electrons. The summed E-state index contributed by atoms with van der Waals surface area (Å²) in [5.74, 6) is 1.73. The molecule has 2 aliphatic rings. The topological polar surface area (TPSA) is 81.2 Å². The van der Waals surface area contributed by atoms with Crippen molar-refractivity contribution in [2.75, 3.05) is 0 Å². The third-order valence-corrected chi connectivity index (χ3v) is 5.78. The monoisotopic (exact) mass is 339 g/mol. The van der Waals surface area contributed by atoms with Crippen molar-refractivity contribution in [2.45, 2.75) is 51.1 Å². The first-order valence-corrected chi connectivity index (χ1v) is 9.20. The fourth-order valence-corrected chi connectivity index (χ4v) is 4.62. The molecule has 2 saturated carbocycles. The lowest BCUT2D eigenvalue weighted by atomic mass is 9.67. The molecule has 5 nitrogen and oxygen atoms in total. The minimum absolute atomic E-state index is 0.0200. The molecule has 1 amide bonds. The van der Waals surface area contributed by atoms with Crippen LogP contribution in [0.3, 0.4) is 0 Å². The average molecular weight is 339 g/mol. The van der Waals surface area contributed by atoms with E-state index in [1.54, 1.807) is 6.26 Å². The van der Waals surface area contributed by atoms with Gasteiger partial charge in [0.15, 0.2) is 5.76 Å². The SMILES string of the molecule is Cc1nc(-c2ccco2)ccc1C(=O)NC1C2CCCC1CC(N)C2. The summed E-state index contributed by atoms with van der Waals surface area (Å²) >= 11 is 0. The van der Waals surface area contributed by atoms with Crippen molar-refractivity contribution in [2.24, 2.45) is 17.6 Å². The Balaban J connectivity index is 1.51. The van der Waals surface area contributed by atoms with E-state index in [1.165, 1.54) is 19.3 Å². The van der Waals surface area contributed by atoms with E-state index in [4.69, 9.17) is 10.2 Å². The van der Waals surface area contributed by atoms with Crippen molar-refractivity contribution < 1.29 is 9.21 Å².